The van der Waals surface area contributed by atoms with E-state index in [2.05, 4.69) is 15.4 Å². The van der Waals surface area contributed by atoms with E-state index >= 15 is 0 Å². The maximum Gasteiger partial charge on any atom is 0.411 e. The van der Waals surface area contributed by atoms with Gasteiger partial charge in [-0.3, -0.25) is 4.79 Å². The van der Waals surface area contributed by atoms with Gasteiger partial charge in [0, 0.05) is 13.0 Å². The van der Waals surface area contributed by atoms with Crippen LogP contribution in [0, 0.1) is 5.92 Å². The molecule has 1 aliphatic rings. The van der Waals surface area contributed by atoms with E-state index in [9.17, 15) is 18.0 Å². The Morgan fingerprint density at radius 2 is 2.00 bits per heavy atom. The van der Waals surface area contributed by atoms with Crippen molar-refractivity contribution >= 4 is 5.91 Å². The van der Waals surface area contributed by atoms with Gasteiger partial charge >= 0.3 is 6.18 Å². The lowest BCUT2D eigenvalue weighted by molar-refractivity contribution is -0.173. The predicted molar refractivity (Wildman–Crippen MR) is 60.1 cm³/mol. The van der Waals surface area contributed by atoms with Crippen molar-refractivity contribution in [3.63, 3.8) is 0 Å². The number of amides is 1. The van der Waals surface area contributed by atoms with Gasteiger partial charge in [0.1, 0.15) is 6.61 Å². The van der Waals surface area contributed by atoms with E-state index < -0.39 is 12.8 Å². The Hall–Kier alpha value is -0.820. The molecule has 0 aromatic rings. The second-order valence-corrected chi connectivity index (χ2v) is 4.42. The van der Waals surface area contributed by atoms with Crippen LogP contribution in [-0.2, 0) is 9.53 Å². The number of halogens is 3. The first kappa shape index (κ1) is 15.2. The minimum absolute atomic E-state index is 0.113. The van der Waals surface area contributed by atoms with Crippen LogP contribution in [0.15, 0.2) is 0 Å². The summed E-state index contributed by atoms with van der Waals surface area (Å²) in [5.74, 6) is 0.264. The van der Waals surface area contributed by atoms with E-state index in [1.165, 1.54) is 0 Å². The highest BCUT2D eigenvalue weighted by Gasteiger charge is 2.27. The Bertz CT molecular complexity index is 253. The van der Waals surface area contributed by atoms with Crippen molar-refractivity contribution in [2.24, 2.45) is 5.92 Å². The zero-order valence-corrected chi connectivity index (χ0v) is 10.2. The molecule has 0 saturated carbocycles. The van der Waals surface area contributed by atoms with Gasteiger partial charge in [-0.1, -0.05) is 0 Å². The van der Waals surface area contributed by atoms with Crippen LogP contribution in [0.1, 0.15) is 19.3 Å². The first-order chi connectivity index (χ1) is 8.47. The molecule has 0 spiro atoms. The Kier molecular flexibility index (Phi) is 6.42. The average molecular weight is 268 g/mol. The molecule has 0 aromatic heterocycles. The van der Waals surface area contributed by atoms with Crippen molar-refractivity contribution in [3.8, 4) is 0 Å². The number of alkyl halides is 3. The molecule has 106 valence electrons. The molecule has 1 saturated heterocycles. The molecule has 2 N–H and O–H groups in total. The number of carbonyl (C=O) groups excluding carboxylic acids is 1. The maximum atomic E-state index is 11.7. The largest absolute Gasteiger partial charge is 0.411 e. The fraction of sp³-hybridized carbons (Fsp3) is 0.909. The van der Waals surface area contributed by atoms with Crippen LogP contribution in [0.2, 0.25) is 0 Å². The molecule has 1 rings (SSSR count). The van der Waals surface area contributed by atoms with Gasteiger partial charge in [-0.15, -0.1) is 0 Å². The fourth-order valence-electron chi connectivity index (χ4n) is 1.87. The quantitative estimate of drug-likeness (QED) is 0.709. The highest BCUT2D eigenvalue weighted by Crippen LogP contribution is 2.15. The zero-order chi connectivity index (χ0) is 13.4. The zero-order valence-electron chi connectivity index (χ0n) is 10.2. The minimum Gasteiger partial charge on any atom is -0.370 e. The first-order valence-electron chi connectivity index (χ1n) is 6.09. The topological polar surface area (TPSA) is 50.4 Å². The highest BCUT2D eigenvalue weighted by molar-refractivity contribution is 5.76. The lowest BCUT2D eigenvalue weighted by atomic mass is 9.94. The monoisotopic (exact) mass is 268 g/mol. The summed E-state index contributed by atoms with van der Waals surface area (Å²) in [6.07, 6.45) is -1.92. The molecule has 0 unspecified atom stereocenters. The van der Waals surface area contributed by atoms with Gasteiger partial charge < -0.3 is 15.4 Å². The summed E-state index contributed by atoms with van der Waals surface area (Å²) in [4.78, 5) is 11.5. The smallest absolute Gasteiger partial charge is 0.370 e. The summed E-state index contributed by atoms with van der Waals surface area (Å²) in [6.45, 7) is 0.591. The number of hydrogen-bond acceptors (Lipinski definition) is 3. The third-order valence-corrected chi connectivity index (χ3v) is 2.77. The molecule has 1 heterocycles. The summed E-state index contributed by atoms with van der Waals surface area (Å²) >= 11 is 0. The van der Waals surface area contributed by atoms with Crippen LogP contribution in [-0.4, -0.2) is 44.9 Å². The molecule has 0 radical (unpaired) electrons. The average Bonchev–Trinajstić information content (AvgIpc) is 2.28. The summed E-state index contributed by atoms with van der Waals surface area (Å²) in [5, 5.41) is 5.77. The van der Waals surface area contributed by atoms with E-state index in [0.29, 0.717) is 12.3 Å². The Morgan fingerprint density at radius 3 is 2.61 bits per heavy atom. The maximum absolute atomic E-state index is 11.7. The summed E-state index contributed by atoms with van der Waals surface area (Å²) in [7, 11) is 0. The molecule has 18 heavy (non-hydrogen) atoms. The lowest BCUT2D eigenvalue weighted by Crippen LogP contribution is -2.33. The van der Waals surface area contributed by atoms with Gasteiger partial charge in [-0.2, -0.15) is 13.2 Å². The molecule has 0 aliphatic carbocycles. The van der Waals surface area contributed by atoms with Crippen LogP contribution < -0.4 is 10.6 Å². The van der Waals surface area contributed by atoms with Gasteiger partial charge in [0.25, 0.3) is 0 Å². The van der Waals surface area contributed by atoms with Gasteiger partial charge in [-0.25, -0.2) is 0 Å². The Labute approximate surface area is 104 Å². The number of rotatable bonds is 6. The Balaban J connectivity index is 1.99. The molecule has 0 bridgehead atoms. The van der Waals surface area contributed by atoms with Crippen molar-refractivity contribution in [3.05, 3.63) is 0 Å². The van der Waals surface area contributed by atoms with Crippen LogP contribution >= 0.6 is 0 Å². The molecular weight excluding hydrogens is 249 g/mol. The third kappa shape index (κ3) is 7.50. The van der Waals surface area contributed by atoms with E-state index in [-0.39, 0.29) is 19.1 Å². The van der Waals surface area contributed by atoms with Crippen LogP contribution in [0.3, 0.4) is 0 Å². The summed E-state index contributed by atoms with van der Waals surface area (Å²) < 4.78 is 39.6. The first-order valence-corrected chi connectivity index (χ1v) is 6.09. The van der Waals surface area contributed by atoms with E-state index in [1.807, 2.05) is 0 Å². The highest BCUT2D eigenvalue weighted by atomic mass is 19.4. The summed E-state index contributed by atoms with van der Waals surface area (Å²) in [6, 6.07) is 0. The van der Waals surface area contributed by atoms with Crippen molar-refractivity contribution < 1.29 is 22.7 Å². The number of carbonyl (C=O) groups is 1. The van der Waals surface area contributed by atoms with Crippen molar-refractivity contribution in [2.45, 2.75) is 25.4 Å². The fourth-order valence-corrected chi connectivity index (χ4v) is 1.87. The molecule has 1 aliphatic heterocycles. The van der Waals surface area contributed by atoms with E-state index in [4.69, 9.17) is 0 Å². The molecule has 1 amide bonds. The number of ether oxygens (including phenoxy) is 1. The lowest BCUT2D eigenvalue weighted by Gasteiger charge is -2.21. The van der Waals surface area contributed by atoms with E-state index in [1.54, 1.807) is 0 Å². The standard InChI is InChI=1S/C11H19F3N2O2/c12-11(13,14)8-18-6-5-16-10(17)7-9-1-3-15-4-2-9/h9,15H,1-8H2,(H,16,17). The molecular formula is C11H19F3N2O2. The second kappa shape index (κ2) is 7.58. The molecule has 1 fully saturated rings. The summed E-state index contributed by atoms with van der Waals surface area (Å²) in [5.41, 5.74) is 0. The molecule has 4 nitrogen and oxygen atoms in total. The van der Waals surface area contributed by atoms with E-state index in [0.717, 1.165) is 25.9 Å². The van der Waals surface area contributed by atoms with Crippen LogP contribution in [0.5, 0.6) is 0 Å². The number of nitrogens with one attached hydrogen (secondary N) is 2. The predicted octanol–water partition coefficient (Wildman–Crippen LogP) is 1.07. The van der Waals surface area contributed by atoms with Gasteiger partial charge in [0.2, 0.25) is 5.91 Å². The van der Waals surface area contributed by atoms with Gasteiger partial charge in [0.05, 0.1) is 6.61 Å². The minimum atomic E-state index is -4.31. The third-order valence-electron chi connectivity index (χ3n) is 2.77. The van der Waals surface area contributed by atoms with Crippen molar-refractivity contribution in [2.75, 3.05) is 32.8 Å². The van der Waals surface area contributed by atoms with Crippen LogP contribution in [0.4, 0.5) is 13.2 Å². The molecule has 7 heteroatoms. The normalized spacial score (nSPS) is 17.7. The van der Waals surface area contributed by atoms with Gasteiger partial charge in [0.15, 0.2) is 0 Å². The Morgan fingerprint density at radius 1 is 1.33 bits per heavy atom. The number of piperidine rings is 1. The SMILES string of the molecule is O=C(CC1CCNCC1)NCCOCC(F)(F)F. The van der Waals surface area contributed by atoms with Crippen LogP contribution in [0.25, 0.3) is 0 Å². The molecule has 0 atom stereocenters. The molecule has 0 aromatic carbocycles. The van der Waals surface area contributed by atoms with Crippen molar-refractivity contribution in [1.82, 2.24) is 10.6 Å². The second-order valence-electron chi connectivity index (χ2n) is 4.42. The number of hydrogen-bond donors (Lipinski definition) is 2. The van der Waals surface area contributed by atoms with Gasteiger partial charge in [-0.05, 0) is 31.8 Å². The van der Waals surface area contributed by atoms with Crippen molar-refractivity contribution in [1.29, 1.82) is 0 Å².